The summed E-state index contributed by atoms with van der Waals surface area (Å²) in [5.41, 5.74) is 4.56. The van der Waals surface area contributed by atoms with Gasteiger partial charge in [-0.2, -0.15) is 0 Å². The molecule has 0 radical (unpaired) electrons. The maximum Gasteiger partial charge on any atom is 0.0722 e. The predicted molar refractivity (Wildman–Crippen MR) is 104 cm³/mol. The van der Waals surface area contributed by atoms with Gasteiger partial charge in [0, 0.05) is 50.0 Å². The van der Waals surface area contributed by atoms with E-state index in [0.29, 0.717) is 5.41 Å². The van der Waals surface area contributed by atoms with Crippen LogP contribution in [-0.4, -0.2) is 42.6 Å². The molecule has 2 aliphatic heterocycles. The number of anilines is 1. The summed E-state index contributed by atoms with van der Waals surface area (Å²) in [5, 5.41) is 1.33. The summed E-state index contributed by atoms with van der Waals surface area (Å²) < 4.78 is 0. The molecule has 0 unspecified atom stereocenters. The Hall–Kier alpha value is -1.61. The summed E-state index contributed by atoms with van der Waals surface area (Å²) in [5.74, 6) is 1.04. The molecule has 0 amide bonds. The number of pyridine rings is 1. The minimum atomic E-state index is 0.628. The Labute approximate surface area is 151 Å². The Morgan fingerprint density at radius 3 is 2.64 bits per heavy atom. The molecule has 2 aromatic rings. The van der Waals surface area contributed by atoms with E-state index in [1.54, 1.807) is 0 Å². The number of fused-ring (bicyclic) bond motifs is 1. The molecule has 3 aliphatic rings. The van der Waals surface area contributed by atoms with Crippen LogP contribution in [0.2, 0.25) is 0 Å². The molecular weight excluding hydrogens is 306 g/mol. The molecule has 3 heteroatoms. The van der Waals surface area contributed by atoms with Crippen LogP contribution in [0.4, 0.5) is 5.69 Å². The summed E-state index contributed by atoms with van der Waals surface area (Å²) in [4.78, 5) is 9.90. The SMILES string of the molecule is CCc1ccc2nccc(N3CCC4(CC3)CN(CC3CC3)C4)c2c1. The van der Waals surface area contributed by atoms with Gasteiger partial charge in [-0.1, -0.05) is 13.0 Å². The Morgan fingerprint density at radius 1 is 1.12 bits per heavy atom. The van der Waals surface area contributed by atoms with Crippen LogP contribution in [0.25, 0.3) is 10.9 Å². The van der Waals surface area contributed by atoms with Crippen molar-refractivity contribution in [3.63, 3.8) is 0 Å². The third-order valence-corrected chi connectivity index (χ3v) is 6.69. The molecule has 0 bridgehead atoms. The fraction of sp³-hybridized carbons (Fsp3) is 0.591. The topological polar surface area (TPSA) is 19.4 Å². The number of benzene rings is 1. The van der Waals surface area contributed by atoms with E-state index in [-0.39, 0.29) is 0 Å². The minimum Gasteiger partial charge on any atom is -0.371 e. The van der Waals surface area contributed by atoms with Crippen LogP contribution in [0.3, 0.4) is 0 Å². The first-order valence-electron chi connectivity index (χ1n) is 10.1. The van der Waals surface area contributed by atoms with E-state index in [4.69, 9.17) is 0 Å². The van der Waals surface area contributed by atoms with Crippen molar-refractivity contribution in [3.8, 4) is 0 Å². The van der Waals surface area contributed by atoms with Gasteiger partial charge >= 0.3 is 0 Å². The monoisotopic (exact) mass is 335 g/mol. The molecule has 0 N–H and O–H groups in total. The predicted octanol–water partition coefficient (Wildman–Crippen LogP) is 4.11. The minimum absolute atomic E-state index is 0.628. The fourth-order valence-electron chi connectivity index (χ4n) is 4.91. The van der Waals surface area contributed by atoms with Crippen LogP contribution in [0.15, 0.2) is 30.5 Å². The smallest absolute Gasteiger partial charge is 0.0722 e. The lowest BCUT2D eigenvalue weighted by Crippen LogP contribution is -2.60. The van der Waals surface area contributed by atoms with Crippen molar-refractivity contribution in [2.45, 2.75) is 39.0 Å². The number of hydrogen-bond donors (Lipinski definition) is 0. The van der Waals surface area contributed by atoms with Crippen LogP contribution >= 0.6 is 0 Å². The Bertz CT molecular complexity index is 764. The normalized spacial score (nSPS) is 23.2. The van der Waals surface area contributed by atoms with E-state index in [1.165, 1.54) is 75.0 Å². The van der Waals surface area contributed by atoms with Crippen molar-refractivity contribution in [1.82, 2.24) is 9.88 Å². The highest BCUT2D eigenvalue weighted by molar-refractivity contribution is 5.92. The third-order valence-electron chi connectivity index (χ3n) is 6.69. The zero-order valence-electron chi connectivity index (χ0n) is 15.4. The van der Waals surface area contributed by atoms with Crippen LogP contribution in [0, 0.1) is 11.3 Å². The molecule has 3 heterocycles. The summed E-state index contributed by atoms with van der Waals surface area (Å²) in [6.45, 7) is 8.72. The van der Waals surface area contributed by atoms with Crippen molar-refractivity contribution in [2.24, 2.45) is 11.3 Å². The van der Waals surface area contributed by atoms with E-state index in [0.717, 1.165) is 17.9 Å². The van der Waals surface area contributed by atoms with Gasteiger partial charge in [0.2, 0.25) is 0 Å². The molecule has 5 rings (SSSR count). The number of likely N-dealkylation sites (tertiary alicyclic amines) is 1. The van der Waals surface area contributed by atoms with E-state index in [9.17, 15) is 0 Å². The molecule has 1 aromatic heterocycles. The number of nitrogens with zero attached hydrogens (tertiary/aromatic N) is 3. The zero-order valence-corrected chi connectivity index (χ0v) is 15.4. The highest BCUT2D eigenvalue weighted by atomic mass is 15.2. The van der Waals surface area contributed by atoms with E-state index in [2.05, 4.69) is 46.0 Å². The largest absolute Gasteiger partial charge is 0.371 e. The van der Waals surface area contributed by atoms with Crippen LogP contribution < -0.4 is 4.90 Å². The van der Waals surface area contributed by atoms with Crippen LogP contribution in [-0.2, 0) is 6.42 Å². The summed E-state index contributed by atoms with van der Waals surface area (Å²) in [6.07, 6.45) is 8.73. The highest BCUT2D eigenvalue weighted by Gasteiger charge is 2.45. The van der Waals surface area contributed by atoms with Gasteiger partial charge in [-0.25, -0.2) is 0 Å². The second-order valence-electron chi connectivity index (χ2n) is 8.64. The van der Waals surface area contributed by atoms with E-state index >= 15 is 0 Å². The van der Waals surface area contributed by atoms with Crippen molar-refractivity contribution >= 4 is 16.6 Å². The number of aromatic nitrogens is 1. The number of rotatable bonds is 4. The van der Waals surface area contributed by atoms with Gasteiger partial charge in [0.25, 0.3) is 0 Å². The van der Waals surface area contributed by atoms with Crippen LogP contribution in [0.1, 0.15) is 38.2 Å². The summed E-state index contributed by atoms with van der Waals surface area (Å²) in [6, 6.07) is 8.97. The molecule has 3 nitrogen and oxygen atoms in total. The van der Waals surface area contributed by atoms with Gasteiger partial charge in [-0.15, -0.1) is 0 Å². The number of aryl methyl sites for hydroxylation is 1. The molecule has 1 spiro atoms. The maximum absolute atomic E-state index is 4.58. The van der Waals surface area contributed by atoms with Crippen LogP contribution in [0.5, 0.6) is 0 Å². The van der Waals surface area contributed by atoms with Gasteiger partial charge in [-0.3, -0.25) is 4.98 Å². The van der Waals surface area contributed by atoms with Gasteiger partial charge in [-0.05, 0) is 67.2 Å². The zero-order chi connectivity index (χ0) is 16.9. The third kappa shape index (κ3) is 2.93. The van der Waals surface area contributed by atoms with Crippen molar-refractivity contribution in [1.29, 1.82) is 0 Å². The lowest BCUT2D eigenvalue weighted by atomic mass is 9.72. The second kappa shape index (κ2) is 5.98. The molecule has 132 valence electrons. The second-order valence-corrected chi connectivity index (χ2v) is 8.64. The summed E-state index contributed by atoms with van der Waals surface area (Å²) >= 11 is 0. The van der Waals surface area contributed by atoms with Gasteiger partial charge in [0.05, 0.1) is 5.52 Å². The molecule has 1 aliphatic carbocycles. The molecule has 25 heavy (non-hydrogen) atoms. The van der Waals surface area contributed by atoms with Gasteiger partial charge in [0.15, 0.2) is 0 Å². The van der Waals surface area contributed by atoms with Gasteiger partial charge in [0.1, 0.15) is 0 Å². The Kier molecular flexibility index (Phi) is 3.74. The number of piperidine rings is 1. The average molecular weight is 335 g/mol. The first-order valence-corrected chi connectivity index (χ1v) is 10.1. The molecule has 1 aromatic carbocycles. The first kappa shape index (κ1) is 15.6. The highest BCUT2D eigenvalue weighted by Crippen LogP contribution is 2.44. The standard InChI is InChI=1S/C22H29N3/c1-2-17-5-6-20-19(13-17)21(7-10-23-20)25-11-8-22(9-12-25)15-24(16-22)14-18-3-4-18/h5-7,10,13,18H,2-4,8-9,11-12,14-16H2,1H3. The van der Waals surface area contributed by atoms with E-state index < -0.39 is 0 Å². The fourth-order valence-corrected chi connectivity index (χ4v) is 4.91. The quantitative estimate of drug-likeness (QED) is 0.838. The molecule has 2 saturated heterocycles. The lowest BCUT2D eigenvalue weighted by molar-refractivity contribution is -0.0208. The van der Waals surface area contributed by atoms with Crippen molar-refractivity contribution < 1.29 is 0 Å². The Morgan fingerprint density at radius 2 is 1.92 bits per heavy atom. The Balaban J connectivity index is 1.30. The molecule has 3 fully saturated rings. The number of hydrogen-bond acceptors (Lipinski definition) is 3. The molecular formula is C22H29N3. The summed E-state index contributed by atoms with van der Waals surface area (Å²) in [7, 11) is 0. The van der Waals surface area contributed by atoms with Crippen molar-refractivity contribution in [2.75, 3.05) is 37.6 Å². The first-order chi connectivity index (χ1) is 12.2. The maximum atomic E-state index is 4.58. The lowest BCUT2D eigenvalue weighted by Gasteiger charge is -2.54. The van der Waals surface area contributed by atoms with Crippen molar-refractivity contribution in [3.05, 3.63) is 36.0 Å². The molecule has 0 atom stereocenters. The van der Waals surface area contributed by atoms with E-state index in [1.807, 2.05) is 6.20 Å². The molecule has 1 saturated carbocycles. The van der Waals surface area contributed by atoms with Gasteiger partial charge < -0.3 is 9.80 Å². The average Bonchev–Trinajstić information content (AvgIpc) is 3.44.